The molecule has 3 aromatic rings. The van der Waals surface area contributed by atoms with Crippen molar-refractivity contribution in [2.45, 2.75) is 64.8 Å². The van der Waals surface area contributed by atoms with Gasteiger partial charge in [0.25, 0.3) is 0 Å². The quantitative estimate of drug-likeness (QED) is 0.497. The molecule has 0 aliphatic heterocycles. The third-order valence-corrected chi connectivity index (χ3v) is 7.88. The smallest absolute Gasteiger partial charge is 0.243 e. The van der Waals surface area contributed by atoms with E-state index in [0.29, 0.717) is 5.82 Å². The number of rotatable bonds is 7. The van der Waals surface area contributed by atoms with Crippen molar-refractivity contribution in [2.24, 2.45) is 0 Å². The molecule has 0 fully saturated rings. The van der Waals surface area contributed by atoms with Crippen LogP contribution in [0.25, 0.3) is 5.69 Å². The van der Waals surface area contributed by atoms with Gasteiger partial charge in [-0.05, 0) is 69.2 Å². The number of carbonyl (C=O) groups excluding carboxylic acids is 1. The van der Waals surface area contributed by atoms with E-state index >= 15 is 0 Å². The molecule has 0 saturated heterocycles. The number of sulfonamides is 1. The Labute approximate surface area is 207 Å². The lowest BCUT2D eigenvalue weighted by Crippen LogP contribution is -2.42. The molecule has 2 aromatic carbocycles. The first-order chi connectivity index (χ1) is 16.2. The molecule has 0 atom stereocenters. The largest absolute Gasteiger partial charge is 0.309 e. The van der Waals surface area contributed by atoms with E-state index in [2.05, 4.69) is 5.32 Å². The van der Waals surface area contributed by atoms with Gasteiger partial charge in [0.1, 0.15) is 11.6 Å². The number of hydrogen-bond donors (Lipinski definition) is 1. The van der Waals surface area contributed by atoms with Crippen molar-refractivity contribution in [3.63, 3.8) is 0 Å². The Morgan fingerprint density at radius 1 is 1.11 bits per heavy atom. The molecule has 1 N–H and O–H groups in total. The van der Waals surface area contributed by atoms with Crippen LogP contribution < -0.4 is 5.32 Å². The fourth-order valence-electron chi connectivity index (χ4n) is 3.60. The summed E-state index contributed by atoms with van der Waals surface area (Å²) in [6, 6.07) is 11.7. The summed E-state index contributed by atoms with van der Waals surface area (Å²) in [6.45, 7) is 13.1. The van der Waals surface area contributed by atoms with E-state index in [1.807, 2.05) is 58.9 Å². The lowest BCUT2D eigenvalue weighted by molar-refractivity contribution is -0.116. The second-order valence-electron chi connectivity index (χ2n) is 9.94. The summed E-state index contributed by atoms with van der Waals surface area (Å²) < 4.78 is 42.5. The summed E-state index contributed by atoms with van der Waals surface area (Å²) in [6.07, 6.45) is 0. The summed E-state index contributed by atoms with van der Waals surface area (Å²) in [5.74, 6) is -0.583. The Hall–Kier alpha value is -3.04. The number of carbonyl (C=O) groups is 1. The normalized spacial score (nSPS) is 12.4. The molecule has 1 heterocycles. The van der Waals surface area contributed by atoms with E-state index in [0.717, 1.165) is 38.9 Å². The molecule has 1 amide bonds. The SMILES string of the molecule is Cc1cccc(-n2nc(C(C)(C)C)cc2NC(=O)CN(C(C)C)S(=O)(=O)c2ccc(F)cc2)c1C. The van der Waals surface area contributed by atoms with Gasteiger partial charge in [-0.15, -0.1) is 0 Å². The maximum Gasteiger partial charge on any atom is 0.243 e. The maximum atomic E-state index is 13.3. The standard InChI is InChI=1S/C26H33FN4O3S/c1-17(2)30(35(33,34)21-13-11-20(27)12-14-21)16-25(32)28-24-15-23(26(5,6)7)29-31(24)22-10-8-9-18(3)19(22)4/h8-15,17H,16H2,1-7H3,(H,28,32). The topological polar surface area (TPSA) is 84.3 Å². The molecule has 0 radical (unpaired) electrons. The number of aryl methyl sites for hydroxylation is 1. The summed E-state index contributed by atoms with van der Waals surface area (Å²) in [4.78, 5) is 13.1. The van der Waals surface area contributed by atoms with E-state index in [1.54, 1.807) is 18.5 Å². The number of hydrogen-bond acceptors (Lipinski definition) is 4. The average Bonchev–Trinajstić information content (AvgIpc) is 3.18. The van der Waals surface area contributed by atoms with Crippen LogP contribution >= 0.6 is 0 Å². The van der Waals surface area contributed by atoms with E-state index in [-0.39, 0.29) is 10.3 Å². The molecule has 0 spiro atoms. The summed E-state index contributed by atoms with van der Waals surface area (Å²) in [5, 5.41) is 7.62. The molecular formula is C26H33FN4O3S. The number of anilines is 1. The molecule has 7 nitrogen and oxygen atoms in total. The molecule has 1 aromatic heterocycles. The van der Waals surface area contributed by atoms with Crippen LogP contribution in [0.4, 0.5) is 10.2 Å². The van der Waals surface area contributed by atoms with Crippen LogP contribution in [0.2, 0.25) is 0 Å². The molecule has 9 heteroatoms. The van der Waals surface area contributed by atoms with E-state index < -0.39 is 34.3 Å². The Bertz CT molecular complexity index is 1320. The van der Waals surface area contributed by atoms with Crippen LogP contribution in [0.3, 0.4) is 0 Å². The van der Waals surface area contributed by atoms with E-state index in [4.69, 9.17) is 5.10 Å². The molecule has 0 unspecified atom stereocenters. The van der Waals surface area contributed by atoms with Crippen molar-refractivity contribution < 1.29 is 17.6 Å². The van der Waals surface area contributed by atoms with Crippen molar-refractivity contribution in [2.75, 3.05) is 11.9 Å². The van der Waals surface area contributed by atoms with Crippen LogP contribution in [0.15, 0.2) is 53.4 Å². The minimum Gasteiger partial charge on any atom is -0.309 e. The highest BCUT2D eigenvalue weighted by molar-refractivity contribution is 7.89. The first-order valence-electron chi connectivity index (χ1n) is 11.5. The van der Waals surface area contributed by atoms with Gasteiger partial charge in [0.2, 0.25) is 15.9 Å². The Morgan fingerprint density at radius 2 is 1.74 bits per heavy atom. The number of benzene rings is 2. The monoisotopic (exact) mass is 500 g/mol. The zero-order valence-electron chi connectivity index (χ0n) is 21.3. The van der Waals surface area contributed by atoms with Crippen molar-refractivity contribution in [3.05, 3.63) is 71.2 Å². The minimum atomic E-state index is -4.01. The molecule has 0 bridgehead atoms. The molecular weight excluding hydrogens is 467 g/mol. The van der Waals surface area contributed by atoms with Crippen molar-refractivity contribution in [1.29, 1.82) is 0 Å². The molecule has 3 rings (SSSR count). The predicted molar refractivity (Wildman–Crippen MR) is 136 cm³/mol. The molecule has 188 valence electrons. The van der Waals surface area contributed by atoms with Crippen LogP contribution in [0, 0.1) is 19.7 Å². The van der Waals surface area contributed by atoms with E-state index in [9.17, 15) is 17.6 Å². The van der Waals surface area contributed by atoms with Gasteiger partial charge in [-0.3, -0.25) is 4.79 Å². The van der Waals surface area contributed by atoms with Gasteiger partial charge >= 0.3 is 0 Å². The number of halogens is 1. The molecule has 35 heavy (non-hydrogen) atoms. The zero-order chi connectivity index (χ0) is 26.1. The lowest BCUT2D eigenvalue weighted by atomic mass is 9.92. The first kappa shape index (κ1) is 26.6. The van der Waals surface area contributed by atoms with Crippen molar-refractivity contribution >= 4 is 21.7 Å². The highest BCUT2D eigenvalue weighted by Crippen LogP contribution is 2.28. The van der Waals surface area contributed by atoms with Gasteiger partial charge < -0.3 is 5.32 Å². The third kappa shape index (κ3) is 5.79. The number of aromatic nitrogens is 2. The van der Waals surface area contributed by atoms with Crippen LogP contribution in [-0.2, 0) is 20.2 Å². The fraction of sp³-hybridized carbons (Fsp3) is 0.385. The van der Waals surface area contributed by atoms with Gasteiger partial charge in [-0.25, -0.2) is 17.5 Å². The molecule has 0 aliphatic carbocycles. The van der Waals surface area contributed by atoms with Gasteiger partial charge in [0.05, 0.1) is 22.8 Å². The molecule has 0 aliphatic rings. The van der Waals surface area contributed by atoms with Gasteiger partial charge in [0.15, 0.2) is 0 Å². The highest BCUT2D eigenvalue weighted by atomic mass is 32.2. The molecule has 0 saturated carbocycles. The van der Waals surface area contributed by atoms with Crippen molar-refractivity contribution in [3.8, 4) is 5.69 Å². The van der Waals surface area contributed by atoms with Crippen LogP contribution in [0.5, 0.6) is 0 Å². The second kappa shape index (κ2) is 9.91. The van der Waals surface area contributed by atoms with Gasteiger partial charge in [-0.1, -0.05) is 32.9 Å². The fourth-order valence-corrected chi connectivity index (χ4v) is 5.19. The Balaban J connectivity index is 1.95. The van der Waals surface area contributed by atoms with Gasteiger partial charge in [-0.2, -0.15) is 9.40 Å². The third-order valence-electron chi connectivity index (χ3n) is 5.85. The van der Waals surface area contributed by atoms with Crippen LogP contribution in [0.1, 0.15) is 51.4 Å². The van der Waals surface area contributed by atoms with Crippen molar-refractivity contribution in [1.82, 2.24) is 14.1 Å². The number of nitrogens with one attached hydrogen (secondary N) is 1. The lowest BCUT2D eigenvalue weighted by Gasteiger charge is -2.25. The Kier molecular flexibility index (Phi) is 7.52. The Morgan fingerprint density at radius 3 is 2.31 bits per heavy atom. The highest BCUT2D eigenvalue weighted by Gasteiger charge is 2.30. The van der Waals surface area contributed by atoms with Crippen LogP contribution in [-0.4, -0.2) is 41.0 Å². The number of nitrogens with zero attached hydrogens (tertiary/aromatic N) is 3. The van der Waals surface area contributed by atoms with Gasteiger partial charge in [0, 0.05) is 17.5 Å². The average molecular weight is 501 g/mol. The summed E-state index contributed by atoms with van der Waals surface area (Å²) in [7, 11) is -4.01. The summed E-state index contributed by atoms with van der Waals surface area (Å²) in [5.41, 5.74) is 3.46. The second-order valence-corrected chi connectivity index (χ2v) is 11.8. The van der Waals surface area contributed by atoms with E-state index in [1.165, 1.54) is 12.1 Å². The maximum absolute atomic E-state index is 13.3. The predicted octanol–water partition coefficient (Wildman–Crippen LogP) is 4.96. The summed E-state index contributed by atoms with van der Waals surface area (Å²) >= 11 is 0. The number of amides is 1. The minimum absolute atomic E-state index is 0.0733. The first-order valence-corrected chi connectivity index (χ1v) is 12.9. The zero-order valence-corrected chi connectivity index (χ0v) is 22.1.